The molecule has 9 nitrogen and oxygen atoms in total. The average Bonchev–Trinajstić information content (AvgIpc) is 2.95. The summed E-state index contributed by atoms with van der Waals surface area (Å²) in [6.07, 6.45) is 16.0. The lowest BCUT2D eigenvalue weighted by atomic mass is 10.0. The molecule has 0 amide bonds. The molecule has 0 saturated heterocycles. The molecule has 0 spiro atoms. The van der Waals surface area contributed by atoms with E-state index < -0.39 is 27.6 Å². The quantitative estimate of drug-likeness (QED) is 0.0296. The molecule has 1 rings (SSSR count). The van der Waals surface area contributed by atoms with Crippen LogP contribution in [0.4, 0.5) is 5.69 Å². The van der Waals surface area contributed by atoms with Crippen molar-refractivity contribution in [1.29, 1.82) is 5.26 Å². The van der Waals surface area contributed by atoms with Gasteiger partial charge in [0.1, 0.15) is 5.75 Å². The number of nitriles is 1. The molecule has 0 aromatic heterocycles. The Morgan fingerprint density at radius 2 is 1.30 bits per heavy atom. The van der Waals surface area contributed by atoms with Crippen molar-refractivity contribution in [2.75, 3.05) is 24.3 Å². The minimum Gasteiger partial charge on any atom is -0.462 e. The number of halogens is 1. The molecule has 0 heterocycles. The zero-order chi connectivity index (χ0) is 31.9. The van der Waals surface area contributed by atoms with Crippen LogP contribution >= 0.6 is 11.6 Å². The molecule has 0 fully saturated rings. The average molecular weight is 641 g/mol. The topological polar surface area (TPSA) is 132 Å². The Labute approximate surface area is 263 Å². The molecule has 0 aliphatic rings. The molecule has 11 heteroatoms. The van der Waals surface area contributed by atoms with Gasteiger partial charge >= 0.3 is 22.1 Å². The minimum atomic E-state index is -3.86. The van der Waals surface area contributed by atoms with Gasteiger partial charge in [-0.3, -0.25) is 0 Å². The number of esters is 2. The summed E-state index contributed by atoms with van der Waals surface area (Å²) in [7, 11) is -3.86. The third-order valence-electron chi connectivity index (χ3n) is 6.71. The van der Waals surface area contributed by atoms with Gasteiger partial charge in [-0.05, 0) is 32.4 Å². The van der Waals surface area contributed by atoms with Gasteiger partial charge < -0.3 is 19.0 Å². The highest BCUT2D eigenvalue weighted by Gasteiger charge is 2.27. The van der Waals surface area contributed by atoms with Crippen molar-refractivity contribution >= 4 is 39.3 Å². The largest absolute Gasteiger partial charge is 0.462 e. The summed E-state index contributed by atoms with van der Waals surface area (Å²) in [4.78, 5) is 25.0. The second-order valence-corrected chi connectivity index (χ2v) is 12.4. The summed E-state index contributed by atoms with van der Waals surface area (Å²) in [5.41, 5.74) is -0.427. The number of nitrogens with one attached hydrogen (secondary N) is 1. The zero-order valence-electron chi connectivity index (χ0n) is 26.1. The standard InChI is InChI=1S/C32H49ClN2O7S/c1-4-7-8-9-10-11-12-13-14-15-16-17-18-19-24-43(38,39)42-26-20-21-27(33)29(25-26)35-28(22-23-34)30(31(36)40-5-2)32(37)41-6-3/h20-21,25,35H,4-19,22,24H2,1-3H3. The molecule has 0 radical (unpaired) electrons. The fourth-order valence-electron chi connectivity index (χ4n) is 4.49. The maximum atomic E-state index is 12.6. The number of rotatable bonds is 24. The van der Waals surface area contributed by atoms with Gasteiger partial charge in [0, 0.05) is 6.07 Å². The van der Waals surface area contributed by atoms with Crippen LogP contribution in [0.3, 0.4) is 0 Å². The van der Waals surface area contributed by atoms with Gasteiger partial charge in [-0.25, -0.2) is 9.59 Å². The summed E-state index contributed by atoms with van der Waals surface area (Å²) in [5.74, 6) is -2.04. The fourth-order valence-corrected chi connectivity index (χ4v) is 5.69. The number of ether oxygens (including phenoxy) is 2. The molecule has 0 atom stereocenters. The van der Waals surface area contributed by atoms with Gasteiger partial charge in [-0.2, -0.15) is 13.7 Å². The first-order valence-electron chi connectivity index (χ1n) is 15.6. The van der Waals surface area contributed by atoms with Crippen molar-refractivity contribution in [3.63, 3.8) is 0 Å². The number of hydrogen-bond acceptors (Lipinski definition) is 9. The highest BCUT2D eigenvalue weighted by Crippen LogP contribution is 2.30. The zero-order valence-corrected chi connectivity index (χ0v) is 27.6. The Hall–Kier alpha value is -2.77. The van der Waals surface area contributed by atoms with Gasteiger partial charge in [0.05, 0.1) is 47.9 Å². The molecule has 43 heavy (non-hydrogen) atoms. The van der Waals surface area contributed by atoms with E-state index in [1.807, 2.05) is 6.07 Å². The summed E-state index contributed by atoms with van der Waals surface area (Å²) < 4.78 is 40.5. The van der Waals surface area contributed by atoms with Crippen LogP contribution in [-0.2, 0) is 29.2 Å². The number of benzene rings is 1. The molecule has 0 aliphatic heterocycles. The first kappa shape index (κ1) is 38.3. The molecular weight excluding hydrogens is 592 g/mol. The molecule has 1 N–H and O–H groups in total. The van der Waals surface area contributed by atoms with Crippen LogP contribution in [0.5, 0.6) is 5.75 Å². The number of allylic oxidation sites excluding steroid dienone is 1. The lowest BCUT2D eigenvalue weighted by molar-refractivity contribution is -0.146. The highest BCUT2D eigenvalue weighted by atomic mass is 35.5. The van der Waals surface area contributed by atoms with E-state index in [0.717, 1.165) is 19.3 Å². The number of unbranched alkanes of at least 4 members (excludes halogenated alkanes) is 13. The van der Waals surface area contributed by atoms with Crippen LogP contribution in [-0.4, -0.2) is 39.3 Å². The minimum absolute atomic E-state index is 0.00221. The molecule has 0 aliphatic carbocycles. The van der Waals surface area contributed by atoms with E-state index in [1.165, 1.54) is 82.4 Å². The predicted octanol–water partition coefficient (Wildman–Crippen LogP) is 8.24. The predicted molar refractivity (Wildman–Crippen MR) is 170 cm³/mol. The third kappa shape index (κ3) is 16.6. The number of anilines is 1. The molecule has 242 valence electrons. The summed E-state index contributed by atoms with van der Waals surface area (Å²) in [6.45, 7) is 5.40. The molecule has 1 aromatic rings. The van der Waals surface area contributed by atoms with Crippen molar-refractivity contribution in [1.82, 2.24) is 0 Å². The first-order chi connectivity index (χ1) is 20.7. The van der Waals surface area contributed by atoms with Crippen LogP contribution in [0.25, 0.3) is 0 Å². The second-order valence-electron chi connectivity index (χ2n) is 10.3. The second kappa shape index (κ2) is 22.7. The van der Waals surface area contributed by atoms with E-state index in [4.69, 9.17) is 25.3 Å². The third-order valence-corrected chi connectivity index (χ3v) is 8.28. The van der Waals surface area contributed by atoms with Crippen LogP contribution in [0.2, 0.25) is 5.02 Å². The Morgan fingerprint density at radius 3 is 1.77 bits per heavy atom. The maximum Gasteiger partial charge on any atom is 0.347 e. The smallest absolute Gasteiger partial charge is 0.347 e. The fraction of sp³-hybridized carbons (Fsp3) is 0.656. The van der Waals surface area contributed by atoms with Crippen LogP contribution in [0, 0.1) is 11.3 Å². The van der Waals surface area contributed by atoms with Crippen molar-refractivity contribution in [3.8, 4) is 11.8 Å². The van der Waals surface area contributed by atoms with Gasteiger partial charge in [0.25, 0.3) is 0 Å². The Balaban J connectivity index is 2.64. The molecule has 0 bridgehead atoms. The van der Waals surface area contributed by atoms with E-state index in [9.17, 15) is 23.3 Å². The summed E-state index contributed by atoms with van der Waals surface area (Å²) in [6, 6.07) is 6.04. The van der Waals surface area contributed by atoms with Gasteiger partial charge in [-0.15, -0.1) is 0 Å². The monoisotopic (exact) mass is 640 g/mol. The summed E-state index contributed by atoms with van der Waals surface area (Å²) in [5, 5.41) is 12.3. The Kier molecular flexibility index (Phi) is 20.2. The van der Waals surface area contributed by atoms with Crippen molar-refractivity contribution in [2.24, 2.45) is 0 Å². The van der Waals surface area contributed by atoms with Gasteiger partial charge in [0.15, 0.2) is 5.57 Å². The first-order valence-corrected chi connectivity index (χ1v) is 17.6. The lowest BCUT2D eigenvalue weighted by Gasteiger charge is -2.16. The van der Waals surface area contributed by atoms with Crippen molar-refractivity contribution in [3.05, 3.63) is 34.5 Å². The number of carbonyl (C=O) groups excluding carboxylic acids is 2. The van der Waals surface area contributed by atoms with E-state index in [-0.39, 0.29) is 47.5 Å². The molecule has 0 saturated carbocycles. The van der Waals surface area contributed by atoms with Crippen LogP contribution in [0.15, 0.2) is 29.5 Å². The number of nitrogens with zero attached hydrogens (tertiary/aromatic N) is 1. The normalized spacial score (nSPS) is 11.0. The molecule has 1 aromatic carbocycles. The number of hydrogen-bond donors (Lipinski definition) is 1. The van der Waals surface area contributed by atoms with E-state index in [0.29, 0.717) is 6.42 Å². The van der Waals surface area contributed by atoms with Crippen LogP contribution in [0.1, 0.15) is 117 Å². The Bertz CT molecular complexity index is 1140. The number of carbonyl (C=O) groups is 2. The molecule has 0 unspecified atom stereocenters. The molecular formula is C32H49ClN2O7S. The van der Waals surface area contributed by atoms with E-state index in [1.54, 1.807) is 13.8 Å². The highest BCUT2D eigenvalue weighted by molar-refractivity contribution is 7.87. The van der Waals surface area contributed by atoms with Gasteiger partial charge in [-0.1, -0.05) is 102 Å². The summed E-state index contributed by atoms with van der Waals surface area (Å²) >= 11 is 6.30. The Morgan fingerprint density at radius 1 is 0.814 bits per heavy atom. The SMILES string of the molecule is CCCCCCCCCCCCCCCCS(=O)(=O)Oc1ccc(Cl)c(NC(CC#N)=C(C(=O)OCC)C(=O)OCC)c1. The van der Waals surface area contributed by atoms with E-state index >= 15 is 0 Å². The van der Waals surface area contributed by atoms with Crippen molar-refractivity contribution in [2.45, 2.75) is 117 Å². The lowest BCUT2D eigenvalue weighted by Crippen LogP contribution is -2.23. The van der Waals surface area contributed by atoms with Crippen LogP contribution < -0.4 is 9.50 Å². The van der Waals surface area contributed by atoms with Gasteiger partial charge in [0.2, 0.25) is 0 Å². The maximum absolute atomic E-state index is 12.6. The van der Waals surface area contributed by atoms with E-state index in [2.05, 4.69) is 12.2 Å². The van der Waals surface area contributed by atoms with Crippen molar-refractivity contribution < 1.29 is 31.7 Å².